The van der Waals surface area contributed by atoms with Gasteiger partial charge in [-0.3, -0.25) is 9.78 Å². The Morgan fingerprint density at radius 3 is 2.46 bits per heavy atom. The molecule has 6 nitrogen and oxygen atoms in total. The van der Waals surface area contributed by atoms with E-state index in [1.807, 2.05) is 0 Å². The summed E-state index contributed by atoms with van der Waals surface area (Å²) in [7, 11) is 0. The zero-order valence-corrected chi connectivity index (χ0v) is 13.8. The van der Waals surface area contributed by atoms with E-state index in [9.17, 15) is 22.8 Å². The first-order valence-electron chi connectivity index (χ1n) is 7.17. The fraction of sp³-hybridized carbons (Fsp3) is 0.533. The van der Waals surface area contributed by atoms with E-state index >= 15 is 0 Å². The van der Waals surface area contributed by atoms with E-state index in [0.717, 1.165) is 0 Å². The molecule has 0 saturated heterocycles. The molecule has 1 aromatic rings. The van der Waals surface area contributed by atoms with Crippen LogP contribution in [-0.4, -0.2) is 28.6 Å². The van der Waals surface area contributed by atoms with Crippen molar-refractivity contribution in [2.24, 2.45) is 0 Å². The first-order valence-corrected chi connectivity index (χ1v) is 7.17. The van der Waals surface area contributed by atoms with Crippen LogP contribution in [0.2, 0.25) is 0 Å². The molecule has 2 amide bonds. The number of hydrogen-bond acceptors (Lipinski definition) is 4. The summed E-state index contributed by atoms with van der Waals surface area (Å²) in [6.07, 6.45) is -3.44. The average Bonchev–Trinajstić information content (AvgIpc) is 2.41. The third-order valence-corrected chi connectivity index (χ3v) is 2.80. The monoisotopic (exact) mass is 347 g/mol. The maximum absolute atomic E-state index is 12.8. The van der Waals surface area contributed by atoms with Crippen LogP contribution in [0.3, 0.4) is 0 Å². The van der Waals surface area contributed by atoms with Crippen LogP contribution in [0.4, 0.5) is 18.0 Å². The fourth-order valence-electron chi connectivity index (χ4n) is 1.72. The molecule has 0 fully saturated rings. The Labute approximate surface area is 137 Å². The second kappa shape index (κ2) is 7.50. The Morgan fingerprint density at radius 1 is 1.29 bits per heavy atom. The number of amides is 2. The van der Waals surface area contributed by atoms with Crippen LogP contribution >= 0.6 is 0 Å². The van der Waals surface area contributed by atoms with Gasteiger partial charge in [-0.1, -0.05) is 0 Å². The van der Waals surface area contributed by atoms with Crippen molar-refractivity contribution in [3.8, 4) is 0 Å². The molecule has 0 saturated carbocycles. The molecule has 0 aromatic carbocycles. The average molecular weight is 347 g/mol. The summed E-state index contributed by atoms with van der Waals surface area (Å²) in [5.74, 6) is -0.634. The third kappa shape index (κ3) is 6.43. The zero-order chi connectivity index (χ0) is 18.5. The Bertz CT molecular complexity index is 598. The van der Waals surface area contributed by atoms with E-state index in [4.69, 9.17) is 4.74 Å². The molecule has 0 aliphatic heterocycles. The van der Waals surface area contributed by atoms with Crippen LogP contribution in [0.1, 0.15) is 38.8 Å². The minimum atomic E-state index is -4.56. The number of aromatic nitrogens is 1. The lowest BCUT2D eigenvalue weighted by Gasteiger charge is -2.21. The standard InChI is InChI=1S/C15H20F3N3O3/c1-9(21-13(23)24-14(2,3)4)12(22)20-7-10-5-6-19-8-11(10)15(16,17)18/h5-6,8-9H,7H2,1-4H3,(H,20,22)(H,21,23)/t9-/m0/s1. The molecular weight excluding hydrogens is 327 g/mol. The highest BCUT2D eigenvalue weighted by Crippen LogP contribution is 2.31. The molecule has 1 atom stereocenters. The van der Waals surface area contributed by atoms with Gasteiger partial charge in [-0.2, -0.15) is 13.2 Å². The lowest BCUT2D eigenvalue weighted by atomic mass is 10.1. The second-order valence-corrected chi connectivity index (χ2v) is 6.12. The number of hydrogen-bond donors (Lipinski definition) is 2. The Kier molecular flexibility index (Phi) is 6.16. The van der Waals surface area contributed by atoms with Gasteiger partial charge in [0, 0.05) is 18.9 Å². The van der Waals surface area contributed by atoms with E-state index in [2.05, 4.69) is 15.6 Å². The number of nitrogens with one attached hydrogen (secondary N) is 2. The number of alkyl halides is 3. The maximum Gasteiger partial charge on any atom is 0.418 e. The van der Waals surface area contributed by atoms with E-state index < -0.39 is 35.4 Å². The molecule has 0 aliphatic rings. The van der Waals surface area contributed by atoms with E-state index in [0.29, 0.717) is 6.20 Å². The molecular formula is C15H20F3N3O3. The lowest BCUT2D eigenvalue weighted by molar-refractivity contribution is -0.138. The highest BCUT2D eigenvalue weighted by atomic mass is 19.4. The first kappa shape index (κ1) is 19.7. The number of ether oxygens (including phenoxy) is 1. The second-order valence-electron chi connectivity index (χ2n) is 6.12. The normalized spacial score (nSPS) is 13.1. The van der Waals surface area contributed by atoms with Crippen LogP contribution in [0.15, 0.2) is 18.5 Å². The molecule has 0 aliphatic carbocycles. The number of rotatable bonds is 4. The predicted octanol–water partition coefficient (Wildman–Crippen LogP) is 2.63. The number of pyridine rings is 1. The van der Waals surface area contributed by atoms with Gasteiger partial charge in [-0.25, -0.2) is 4.79 Å². The van der Waals surface area contributed by atoms with Gasteiger partial charge in [-0.05, 0) is 39.3 Å². The number of carbonyl (C=O) groups excluding carboxylic acids is 2. The smallest absolute Gasteiger partial charge is 0.418 e. The van der Waals surface area contributed by atoms with E-state index in [-0.39, 0.29) is 12.1 Å². The van der Waals surface area contributed by atoms with Crippen LogP contribution in [0, 0.1) is 0 Å². The van der Waals surface area contributed by atoms with Crippen LogP contribution in [0.25, 0.3) is 0 Å². The van der Waals surface area contributed by atoms with Gasteiger partial charge in [-0.15, -0.1) is 0 Å². The molecule has 1 heterocycles. The van der Waals surface area contributed by atoms with Crippen LogP contribution in [-0.2, 0) is 22.3 Å². The largest absolute Gasteiger partial charge is 0.444 e. The molecule has 0 spiro atoms. The molecule has 9 heteroatoms. The minimum absolute atomic E-state index is 0.115. The maximum atomic E-state index is 12.8. The van der Waals surface area contributed by atoms with Crippen molar-refractivity contribution >= 4 is 12.0 Å². The number of halogens is 3. The summed E-state index contributed by atoms with van der Waals surface area (Å²) >= 11 is 0. The molecule has 134 valence electrons. The van der Waals surface area contributed by atoms with E-state index in [1.165, 1.54) is 19.2 Å². The summed E-state index contributed by atoms with van der Waals surface area (Å²) in [5.41, 5.74) is -1.76. The highest BCUT2D eigenvalue weighted by Gasteiger charge is 2.33. The summed E-state index contributed by atoms with van der Waals surface area (Å²) in [6.45, 7) is 6.06. The lowest BCUT2D eigenvalue weighted by Crippen LogP contribution is -2.46. The van der Waals surface area contributed by atoms with Crippen molar-refractivity contribution in [3.05, 3.63) is 29.6 Å². The number of nitrogens with zero attached hydrogens (tertiary/aromatic N) is 1. The van der Waals surface area contributed by atoms with Crippen molar-refractivity contribution in [2.45, 2.75) is 52.1 Å². The SMILES string of the molecule is C[C@H](NC(=O)OC(C)(C)C)C(=O)NCc1ccncc1C(F)(F)F. The topological polar surface area (TPSA) is 80.3 Å². The van der Waals surface area contributed by atoms with Gasteiger partial charge in [0.1, 0.15) is 11.6 Å². The van der Waals surface area contributed by atoms with Crippen molar-refractivity contribution in [2.75, 3.05) is 0 Å². The minimum Gasteiger partial charge on any atom is -0.444 e. The van der Waals surface area contributed by atoms with Gasteiger partial charge >= 0.3 is 12.3 Å². The highest BCUT2D eigenvalue weighted by molar-refractivity contribution is 5.85. The molecule has 0 radical (unpaired) electrons. The fourth-order valence-corrected chi connectivity index (χ4v) is 1.72. The van der Waals surface area contributed by atoms with Gasteiger partial charge < -0.3 is 15.4 Å². The third-order valence-electron chi connectivity index (χ3n) is 2.80. The Morgan fingerprint density at radius 2 is 1.92 bits per heavy atom. The Hall–Kier alpha value is -2.32. The summed E-state index contributed by atoms with van der Waals surface area (Å²) in [5, 5.41) is 4.65. The molecule has 2 N–H and O–H groups in total. The van der Waals surface area contributed by atoms with Crippen molar-refractivity contribution in [1.82, 2.24) is 15.6 Å². The number of carbonyl (C=O) groups is 2. The van der Waals surface area contributed by atoms with Crippen molar-refractivity contribution < 1.29 is 27.5 Å². The van der Waals surface area contributed by atoms with E-state index in [1.54, 1.807) is 20.8 Å². The van der Waals surface area contributed by atoms with Crippen molar-refractivity contribution in [1.29, 1.82) is 0 Å². The van der Waals surface area contributed by atoms with Gasteiger partial charge in [0.2, 0.25) is 5.91 Å². The summed E-state index contributed by atoms with van der Waals surface area (Å²) in [6, 6.07) is 0.214. The molecule has 0 unspecified atom stereocenters. The van der Waals surface area contributed by atoms with Crippen LogP contribution in [0.5, 0.6) is 0 Å². The van der Waals surface area contributed by atoms with Crippen LogP contribution < -0.4 is 10.6 Å². The predicted molar refractivity (Wildman–Crippen MR) is 79.9 cm³/mol. The molecule has 0 bridgehead atoms. The van der Waals surface area contributed by atoms with Gasteiger partial charge in [0.25, 0.3) is 0 Å². The van der Waals surface area contributed by atoms with Crippen molar-refractivity contribution in [3.63, 3.8) is 0 Å². The summed E-state index contributed by atoms with van der Waals surface area (Å²) in [4.78, 5) is 26.9. The summed E-state index contributed by atoms with van der Waals surface area (Å²) < 4.78 is 43.5. The first-order chi connectivity index (χ1) is 10.9. The molecule has 1 aromatic heterocycles. The molecule has 24 heavy (non-hydrogen) atoms. The zero-order valence-electron chi connectivity index (χ0n) is 13.8. The Balaban J connectivity index is 2.62. The van der Waals surface area contributed by atoms with Gasteiger partial charge in [0.15, 0.2) is 0 Å². The molecule has 1 rings (SSSR count). The van der Waals surface area contributed by atoms with Gasteiger partial charge in [0.05, 0.1) is 5.56 Å². The number of alkyl carbamates (subject to hydrolysis) is 1. The quantitative estimate of drug-likeness (QED) is 0.877.